The molecule has 3 aromatic rings. The number of nitrogens with one attached hydrogen (secondary N) is 1. The molecule has 16 heteroatoms. The number of azo groups is 1. The van der Waals surface area contributed by atoms with Gasteiger partial charge in [-0.25, -0.2) is 14.8 Å². The van der Waals surface area contributed by atoms with Gasteiger partial charge in [-0.3, -0.25) is 15.1 Å². The van der Waals surface area contributed by atoms with Crippen molar-refractivity contribution in [1.82, 2.24) is 25.1 Å². The zero-order valence-electron chi connectivity index (χ0n) is 15.9. The Morgan fingerprint density at radius 2 is 1.55 bits per heavy atom. The number of amidine groups is 1. The third-order valence-corrected chi connectivity index (χ3v) is 3.79. The van der Waals surface area contributed by atoms with Crippen molar-refractivity contribution in [2.75, 3.05) is 0 Å². The lowest BCUT2D eigenvalue weighted by Gasteiger charge is -2.18. The van der Waals surface area contributed by atoms with E-state index in [1.807, 2.05) is 5.10 Å². The smallest absolute Gasteiger partial charge is 0.451 e. The number of carboxylic acid groups (broad SMARTS) is 1. The fourth-order valence-corrected chi connectivity index (χ4v) is 2.25. The molecular formula is C17H10F6N8O2. The fraction of sp³-hybridized carbons (Fsp3) is 0.176. The van der Waals surface area contributed by atoms with E-state index >= 15 is 0 Å². The van der Waals surface area contributed by atoms with Gasteiger partial charge in [0.15, 0.2) is 11.7 Å². The molecule has 10 nitrogen and oxygen atoms in total. The highest BCUT2D eigenvalue weighted by molar-refractivity contribution is 6.01. The number of carbonyl (C=O) groups is 1. The minimum Gasteiger partial charge on any atom is -0.478 e. The first-order chi connectivity index (χ1) is 15.4. The number of carboxylic acids is 1. The minimum absolute atomic E-state index is 0.0219. The molecule has 4 heterocycles. The Hall–Kier alpha value is -4.24. The Kier molecular flexibility index (Phi) is 6.19. The molecule has 2 N–H and O–H groups in total. The first-order valence-electron chi connectivity index (χ1n) is 8.59. The van der Waals surface area contributed by atoms with Crippen LogP contribution >= 0.6 is 0 Å². The Morgan fingerprint density at radius 3 is 1.97 bits per heavy atom. The maximum absolute atomic E-state index is 12.7. The summed E-state index contributed by atoms with van der Waals surface area (Å²) in [5.74, 6) is -3.88. The van der Waals surface area contributed by atoms with E-state index in [9.17, 15) is 31.1 Å². The average molecular weight is 472 g/mol. The van der Waals surface area contributed by atoms with Crippen molar-refractivity contribution in [3.8, 4) is 11.5 Å². The van der Waals surface area contributed by atoms with Crippen LogP contribution in [0.15, 0.2) is 64.0 Å². The maximum atomic E-state index is 12.7. The van der Waals surface area contributed by atoms with Crippen LogP contribution in [0.4, 0.5) is 26.3 Å². The molecule has 4 rings (SSSR count). The van der Waals surface area contributed by atoms with Crippen molar-refractivity contribution < 1.29 is 36.2 Å². The summed E-state index contributed by atoms with van der Waals surface area (Å²) >= 11 is 0. The zero-order chi connectivity index (χ0) is 24.3. The number of aromatic amines is 1. The molecule has 0 radical (unpaired) electrons. The van der Waals surface area contributed by atoms with Crippen LogP contribution in [0.5, 0.6) is 0 Å². The normalized spacial score (nSPS) is 17.8. The lowest BCUT2D eigenvalue weighted by Crippen LogP contribution is -2.47. The number of hydrogen-bond donors (Lipinski definition) is 2. The molecular weight excluding hydrogens is 462 g/mol. The SMILES string of the molecule is FC(F)(F)c1nc(-c2ccccn2)n[nH]1.O=C(O)C1(C(F)(F)F)N=NC(c2ccccn2)=N1. The van der Waals surface area contributed by atoms with E-state index in [2.05, 4.69) is 35.3 Å². The van der Waals surface area contributed by atoms with Gasteiger partial charge in [-0.15, -0.1) is 10.2 Å². The topological polar surface area (TPSA) is 142 Å². The van der Waals surface area contributed by atoms with Crippen molar-refractivity contribution >= 4 is 11.8 Å². The third kappa shape index (κ3) is 4.99. The van der Waals surface area contributed by atoms with E-state index in [-0.39, 0.29) is 11.5 Å². The number of halogens is 6. The summed E-state index contributed by atoms with van der Waals surface area (Å²) < 4.78 is 74.6. The second-order valence-corrected chi connectivity index (χ2v) is 6.05. The fourth-order valence-electron chi connectivity index (χ4n) is 2.25. The van der Waals surface area contributed by atoms with E-state index < -0.39 is 35.6 Å². The van der Waals surface area contributed by atoms with E-state index in [0.29, 0.717) is 5.69 Å². The molecule has 0 fully saturated rings. The van der Waals surface area contributed by atoms with Crippen LogP contribution in [0.1, 0.15) is 11.5 Å². The Morgan fingerprint density at radius 1 is 0.939 bits per heavy atom. The molecule has 3 aromatic heterocycles. The predicted octanol–water partition coefficient (Wildman–Crippen LogP) is 3.52. The number of rotatable bonds is 3. The number of aromatic nitrogens is 5. The summed E-state index contributed by atoms with van der Waals surface area (Å²) in [6.45, 7) is 0. The highest BCUT2D eigenvalue weighted by atomic mass is 19.4. The molecule has 0 bridgehead atoms. The molecule has 1 atom stereocenters. The Labute approximate surface area is 179 Å². The maximum Gasteiger partial charge on any atom is 0.451 e. The number of H-pyrrole nitrogens is 1. The van der Waals surface area contributed by atoms with Crippen LogP contribution in [0.25, 0.3) is 11.5 Å². The van der Waals surface area contributed by atoms with Gasteiger partial charge in [0.2, 0.25) is 5.82 Å². The number of aliphatic imine (C=N–C) groups is 1. The minimum atomic E-state index is -5.17. The summed E-state index contributed by atoms with van der Waals surface area (Å²) in [5.41, 5.74) is -3.25. The van der Waals surface area contributed by atoms with Gasteiger partial charge in [-0.05, 0) is 24.3 Å². The van der Waals surface area contributed by atoms with Gasteiger partial charge in [0.05, 0.1) is 0 Å². The standard InChI is InChI=1S/C9H5F3N4O2.C8H5F3N4/c10-9(11,12)8(7(17)18)14-6(15-16-8)5-3-1-2-4-13-5;9-8(10,11)7-13-6(14-15-7)5-3-1-2-4-12-5/h1-4H,(H,17,18);1-4H,(H,13,14,15). The lowest BCUT2D eigenvalue weighted by atomic mass is 10.2. The second-order valence-electron chi connectivity index (χ2n) is 6.05. The number of hydrogen-bond acceptors (Lipinski definition) is 8. The van der Waals surface area contributed by atoms with E-state index in [4.69, 9.17) is 5.11 Å². The quantitative estimate of drug-likeness (QED) is 0.559. The summed E-state index contributed by atoms with van der Waals surface area (Å²) in [5, 5.41) is 19.8. The van der Waals surface area contributed by atoms with Crippen molar-refractivity contribution in [2.24, 2.45) is 15.2 Å². The van der Waals surface area contributed by atoms with Gasteiger partial charge in [-0.1, -0.05) is 12.1 Å². The second kappa shape index (κ2) is 8.71. The largest absolute Gasteiger partial charge is 0.478 e. The summed E-state index contributed by atoms with van der Waals surface area (Å²) in [4.78, 5) is 24.7. The van der Waals surface area contributed by atoms with Crippen molar-refractivity contribution in [2.45, 2.75) is 18.0 Å². The molecule has 1 aliphatic rings. The summed E-state index contributed by atoms with van der Waals surface area (Å²) in [6.07, 6.45) is -6.90. The molecule has 0 amide bonds. The van der Waals surface area contributed by atoms with E-state index in [1.165, 1.54) is 30.6 Å². The molecule has 33 heavy (non-hydrogen) atoms. The molecule has 1 aliphatic heterocycles. The van der Waals surface area contributed by atoms with Crippen LogP contribution < -0.4 is 0 Å². The third-order valence-electron chi connectivity index (χ3n) is 3.79. The Bertz CT molecular complexity index is 1180. The number of alkyl halides is 6. The van der Waals surface area contributed by atoms with Crippen LogP contribution in [0, 0.1) is 0 Å². The first-order valence-corrected chi connectivity index (χ1v) is 8.59. The van der Waals surface area contributed by atoms with Gasteiger partial charge >= 0.3 is 24.0 Å². The monoisotopic (exact) mass is 472 g/mol. The summed E-state index contributed by atoms with van der Waals surface area (Å²) in [7, 11) is 0. The number of nitrogens with zero attached hydrogens (tertiary/aromatic N) is 7. The molecule has 0 spiro atoms. The van der Waals surface area contributed by atoms with Crippen LogP contribution in [0.2, 0.25) is 0 Å². The lowest BCUT2D eigenvalue weighted by molar-refractivity contribution is -0.199. The van der Waals surface area contributed by atoms with Gasteiger partial charge in [-0.2, -0.15) is 31.4 Å². The average Bonchev–Trinajstić information content (AvgIpc) is 3.44. The van der Waals surface area contributed by atoms with Crippen molar-refractivity contribution in [3.63, 3.8) is 0 Å². The number of aliphatic carboxylic acids is 1. The number of pyridine rings is 2. The molecule has 0 aromatic carbocycles. The van der Waals surface area contributed by atoms with E-state index in [0.717, 1.165) is 0 Å². The van der Waals surface area contributed by atoms with Crippen LogP contribution in [0.3, 0.4) is 0 Å². The molecule has 172 valence electrons. The van der Waals surface area contributed by atoms with Gasteiger partial charge in [0, 0.05) is 12.4 Å². The highest BCUT2D eigenvalue weighted by Crippen LogP contribution is 2.39. The van der Waals surface area contributed by atoms with Gasteiger partial charge in [0.1, 0.15) is 11.4 Å². The van der Waals surface area contributed by atoms with Crippen LogP contribution in [-0.2, 0) is 11.0 Å². The highest BCUT2D eigenvalue weighted by Gasteiger charge is 2.65. The zero-order valence-corrected chi connectivity index (χ0v) is 15.9. The van der Waals surface area contributed by atoms with Crippen molar-refractivity contribution in [3.05, 3.63) is 60.3 Å². The summed E-state index contributed by atoms with van der Waals surface area (Å²) in [6, 6.07) is 9.24. The van der Waals surface area contributed by atoms with Crippen LogP contribution in [-0.4, -0.2) is 53.9 Å². The molecule has 0 saturated heterocycles. The van der Waals surface area contributed by atoms with Gasteiger partial charge < -0.3 is 5.11 Å². The molecule has 0 saturated carbocycles. The Balaban J connectivity index is 0.000000189. The molecule has 1 unspecified atom stereocenters. The van der Waals surface area contributed by atoms with E-state index in [1.54, 1.807) is 18.2 Å². The predicted molar refractivity (Wildman–Crippen MR) is 96.7 cm³/mol. The van der Waals surface area contributed by atoms with Gasteiger partial charge in [0.25, 0.3) is 0 Å². The molecule has 0 aliphatic carbocycles. The first kappa shape index (κ1) is 23.4. The van der Waals surface area contributed by atoms with Crippen molar-refractivity contribution in [1.29, 1.82) is 0 Å².